The van der Waals surface area contributed by atoms with Crippen molar-refractivity contribution in [2.24, 2.45) is 5.73 Å². The van der Waals surface area contributed by atoms with E-state index in [1.165, 1.54) is 36.7 Å². The molecule has 3 N–H and O–H groups in total. The molecule has 8 heteroatoms. The summed E-state index contributed by atoms with van der Waals surface area (Å²) in [4.78, 5) is 18.2. The maximum absolute atomic E-state index is 12.5. The first kappa shape index (κ1) is 17.4. The molecule has 132 valence electrons. The van der Waals surface area contributed by atoms with E-state index in [0.29, 0.717) is 24.3 Å². The number of carbonyl (C=O) groups is 1. The zero-order valence-corrected chi connectivity index (χ0v) is 14.4. The fourth-order valence-electron chi connectivity index (χ4n) is 2.70. The topological polar surface area (TPSA) is 105 Å². The summed E-state index contributed by atoms with van der Waals surface area (Å²) in [5, 5.41) is 0. The Kier molecular flexibility index (Phi) is 5.00. The van der Waals surface area contributed by atoms with Crippen LogP contribution in [0.15, 0.2) is 53.7 Å². The van der Waals surface area contributed by atoms with Gasteiger partial charge >= 0.3 is 0 Å². The number of piperidine rings is 1. The first-order chi connectivity index (χ1) is 12.0. The van der Waals surface area contributed by atoms with Crippen LogP contribution in [-0.2, 0) is 10.0 Å². The number of rotatable bonds is 4. The molecule has 0 aliphatic carbocycles. The molecule has 1 amide bonds. The van der Waals surface area contributed by atoms with E-state index in [2.05, 4.69) is 9.71 Å². The van der Waals surface area contributed by atoms with Gasteiger partial charge in [-0.25, -0.2) is 8.42 Å². The normalized spacial score (nSPS) is 15.8. The van der Waals surface area contributed by atoms with E-state index < -0.39 is 10.0 Å². The molecule has 25 heavy (non-hydrogen) atoms. The van der Waals surface area contributed by atoms with Crippen LogP contribution in [0.5, 0.6) is 0 Å². The number of benzene rings is 1. The van der Waals surface area contributed by atoms with Crippen LogP contribution in [0.3, 0.4) is 0 Å². The number of nitrogens with one attached hydrogen (secondary N) is 1. The molecule has 7 nitrogen and oxygen atoms in total. The van der Waals surface area contributed by atoms with Gasteiger partial charge in [0.15, 0.2) is 0 Å². The van der Waals surface area contributed by atoms with Gasteiger partial charge in [-0.1, -0.05) is 0 Å². The lowest BCUT2D eigenvalue weighted by molar-refractivity contribution is 0.0714. The Hall–Kier alpha value is -2.45. The van der Waals surface area contributed by atoms with Gasteiger partial charge in [0.05, 0.1) is 10.6 Å². The predicted octanol–water partition coefficient (Wildman–Crippen LogP) is 1.45. The monoisotopic (exact) mass is 360 g/mol. The molecule has 0 unspecified atom stereocenters. The molecule has 0 atom stereocenters. The number of pyridine rings is 1. The average molecular weight is 360 g/mol. The van der Waals surface area contributed by atoms with Gasteiger partial charge in [0.1, 0.15) is 0 Å². The lowest BCUT2D eigenvalue weighted by Crippen LogP contribution is -2.42. The van der Waals surface area contributed by atoms with Crippen molar-refractivity contribution in [3.8, 4) is 0 Å². The summed E-state index contributed by atoms with van der Waals surface area (Å²) < 4.78 is 27.2. The van der Waals surface area contributed by atoms with Crippen molar-refractivity contribution in [1.82, 2.24) is 9.88 Å². The minimum atomic E-state index is -3.71. The molecule has 1 saturated heterocycles. The first-order valence-electron chi connectivity index (χ1n) is 8.03. The van der Waals surface area contributed by atoms with Gasteiger partial charge in [0.25, 0.3) is 15.9 Å². The van der Waals surface area contributed by atoms with Gasteiger partial charge in [-0.3, -0.25) is 14.5 Å². The van der Waals surface area contributed by atoms with Crippen LogP contribution in [0, 0.1) is 0 Å². The van der Waals surface area contributed by atoms with Crippen LogP contribution in [0.4, 0.5) is 5.69 Å². The zero-order chi connectivity index (χ0) is 17.9. The molecule has 1 fully saturated rings. The van der Waals surface area contributed by atoms with E-state index in [0.717, 1.165) is 12.8 Å². The molecular weight excluding hydrogens is 340 g/mol. The van der Waals surface area contributed by atoms with Crippen LogP contribution in [-0.4, -0.2) is 43.3 Å². The molecule has 1 aromatic heterocycles. The van der Waals surface area contributed by atoms with Crippen molar-refractivity contribution in [3.63, 3.8) is 0 Å². The maximum atomic E-state index is 12.5. The molecule has 2 heterocycles. The van der Waals surface area contributed by atoms with Crippen molar-refractivity contribution in [3.05, 3.63) is 54.4 Å². The number of nitrogens with two attached hydrogens (primary N) is 1. The maximum Gasteiger partial charge on any atom is 0.261 e. The van der Waals surface area contributed by atoms with E-state index in [1.807, 2.05) is 0 Å². The smallest absolute Gasteiger partial charge is 0.261 e. The van der Waals surface area contributed by atoms with Crippen molar-refractivity contribution in [2.75, 3.05) is 17.8 Å². The lowest BCUT2D eigenvalue weighted by Gasteiger charge is -2.30. The van der Waals surface area contributed by atoms with Gasteiger partial charge in [0.2, 0.25) is 0 Å². The number of hydrogen-bond donors (Lipinski definition) is 2. The van der Waals surface area contributed by atoms with E-state index in [1.54, 1.807) is 17.0 Å². The fraction of sp³-hybridized carbons (Fsp3) is 0.294. The zero-order valence-electron chi connectivity index (χ0n) is 13.6. The van der Waals surface area contributed by atoms with Crippen molar-refractivity contribution in [1.29, 1.82) is 0 Å². The standard InChI is InChI=1S/C17H20N4O3S/c18-14-7-11-21(12-8-14)17(22)13-1-3-16(4-2-13)25(23,24)20-15-5-9-19-10-6-15/h1-6,9-10,14H,7-8,11-12,18H2,(H,19,20). The molecule has 0 spiro atoms. The number of aromatic nitrogens is 1. The van der Waals surface area contributed by atoms with Crippen molar-refractivity contribution < 1.29 is 13.2 Å². The van der Waals surface area contributed by atoms with Gasteiger partial charge in [-0.2, -0.15) is 0 Å². The molecule has 0 radical (unpaired) electrons. The molecule has 0 saturated carbocycles. The Morgan fingerprint density at radius 1 is 1.08 bits per heavy atom. The van der Waals surface area contributed by atoms with Crippen LogP contribution in [0.25, 0.3) is 0 Å². The molecule has 2 aromatic rings. The minimum Gasteiger partial charge on any atom is -0.339 e. The van der Waals surface area contributed by atoms with Crippen LogP contribution in [0.2, 0.25) is 0 Å². The summed E-state index contributed by atoms with van der Waals surface area (Å²) in [5.41, 5.74) is 6.75. The van der Waals surface area contributed by atoms with Gasteiger partial charge in [0, 0.05) is 37.1 Å². The molecule has 1 aliphatic heterocycles. The quantitative estimate of drug-likeness (QED) is 0.858. The highest BCUT2D eigenvalue weighted by Crippen LogP contribution is 2.18. The lowest BCUT2D eigenvalue weighted by atomic mass is 10.1. The SMILES string of the molecule is NC1CCN(C(=O)c2ccc(S(=O)(=O)Nc3ccncc3)cc2)CC1. The third-order valence-electron chi connectivity index (χ3n) is 4.17. The highest BCUT2D eigenvalue weighted by atomic mass is 32.2. The molecule has 1 aliphatic rings. The molecule has 3 rings (SSSR count). The number of amides is 1. The van der Waals surface area contributed by atoms with Gasteiger partial charge in [-0.05, 0) is 49.2 Å². The number of sulfonamides is 1. The van der Waals surface area contributed by atoms with Crippen LogP contribution in [0.1, 0.15) is 23.2 Å². The molecular formula is C17H20N4O3S. The summed E-state index contributed by atoms with van der Waals surface area (Å²) >= 11 is 0. The summed E-state index contributed by atoms with van der Waals surface area (Å²) in [5.74, 6) is -0.0991. The molecule has 0 bridgehead atoms. The second-order valence-electron chi connectivity index (χ2n) is 6.00. The van der Waals surface area contributed by atoms with E-state index in [4.69, 9.17) is 5.73 Å². The number of nitrogens with zero attached hydrogens (tertiary/aromatic N) is 2. The summed E-state index contributed by atoms with van der Waals surface area (Å²) in [7, 11) is -3.71. The highest BCUT2D eigenvalue weighted by Gasteiger charge is 2.22. The average Bonchev–Trinajstić information content (AvgIpc) is 2.62. The minimum absolute atomic E-state index is 0.0986. The first-order valence-corrected chi connectivity index (χ1v) is 9.52. The van der Waals surface area contributed by atoms with Crippen molar-refractivity contribution in [2.45, 2.75) is 23.8 Å². The van der Waals surface area contributed by atoms with Gasteiger partial charge in [-0.15, -0.1) is 0 Å². The number of anilines is 1. The Morgan fingerprint density at radius 3 is 2.28 bits per heavy atom. The third-order valence-corrected chi connectivity index (χ3v) is 5.57. The van der Waals surface area contributed by atoms with Crippen LogP contribution >= 0.6 is 0 Å². The van der Waals surface area contributed by atoms with E-state index in [-0.39, 0.29) is 16.8 Å². The van der Waals surface area contributed by atoms with E-state index in [9.17, 15) is 13.2 Å². The number of carbonyl (C=O) groups excluding carboxylic acids is 1. The van der Waals surface area contributed by atoms with Crippen molar-refractivity contribution >= 4 is 21.6 Å². The van der Waals surface area contributed by atoms with Gasteiger partial charge < -0.3 is 10.6 Å². The summed E-state index contributed by atoms with van der Waals surface area (Å²) in [6.07, 6.45) is 4.58. The Balaban J connectivity index is 1.72. The largest absolute Gasteiger partial charge is 0.339 e. The summed E-state index contributed by atoms with van der Waals surface area (Å²) in [6, 6.07) is 9.23. The Bertz CT molecular complexity index is 830. The van der Waals surface area contributed by atoms with Crippen LogP contribution < -0.4 is 10.5 Å². The second-order valence-corrected chi connectivity index (χ2v) is 7.68. The number of likely N-dealkylation sites (tertiary alicyclic amines) is 1. The molecule has 1 aromatic carbocycles. The van der Waals surface area contributed by atoms with E-state index >= 15 is 0 Å². The predicted molar refractivity (Wildman–Crippen MR) is 94.6 cm³/mol. The third kappa shape index (κ3) is 4.15. The Morgan fingerprint density at radius 2 is 1.68 bits per heavy atom. The summed E-state index contributed by atoms with van der Waals surface area (Å²) in [6.45, 7) is 1.26. The Labute approximate surface area is 146 Å². The second kappa shape index (κ2) is 7.20. The fourth-order valence-corrected chi connectivity index (χ4v) is 3.75. The number of hydrogen-bond acceptors (Lipinski definition) is 5. The highest BCUT2D eigenvalue weighted by molar-refractivity contribution is 7.92.